The first kappa shape index (κ1) is 20.5. The van der Waals surface area contributed by atoms with Gasteiger partial charge in [0.2, 0.25) is 11.8 Å². The number of hydrogen-bond acceptors (Lipinski definition) is 4. The zero-order valence-electron chi connectivity index (χ0n) is 15.2. The lowest BCUT2D eigenvalue weighted by atomic mass is 10.1. The number of anilines is 1. The van der Waals surface area contributed by atoms with Crippen molar-refractivity contribution in [3.05, 3.63) is 64.7 Å². The Morgan fingerprint density at radius 2 is 1.81 bits per heavy atom. The summed E-state index contributed by atoms with van der Waals surface area (Å²) in [6, 6.07) is 13.7. The molecular weight excluding hydrogens is 368 g/mol. The van der Waals surface area contributed by atoms with Crippen molar-refractivity contribution < 1.29 is 19.1 Å². The van der Waals surface area contributed by atoms with Crippen LogP contribution in [0.4, 0.5) is 5.69 Å². The van der Waals surface area contributed by atoms with Crippen molar-refractivity contribution in [2.75, 3.05) is 25.1 Å². The Bertz CT molecular complexity index is 821. The Hall–Kier alpha value is -2.86. The van der Waals surface area contributed by atoms with Crippen molar-refractivity contribution in [2.45, 2.75) is 13.3 Å². The van der Waals surface area contributed by atoms with Crippen LogP contribution in [0.3, 0.4) is 0 Å². The maximum absolute atomic E-state index is 12.1. The van der Waals surface area contributed by atoms with Gasteiger partial charge >= 0.3 is 5.97 Å². The van der Waals surface area contributed by atoms with Crippen LogP contribution in [0.15, 0.2) is 48.5 Å². The van der Waals surface area contributed by atoms with Crippen LogP contribution in [0.5, 0.6) is 0 Å². The minimum absolute atomic E-state index is 0.149. The van der Waals surface area contributed by atoms with E-state index in [4.69, 9.17) is 16.3 Å². The van der Waals surface area contributed by atoms with E-state index in [0.717, 1.165) is 5.56 Å². The summed E-state index contributed by atoms with van der Waals surface area (Å²) in [4.78, 5) is 37.2. The summed E-state index contributed by atoms with van der Waals surface area (Å²) < 4.78 is 4.70. The van der Waals surface area contributed by atoms with E-state index in [1.165, 1.54) is 18.9 Å². The molecule has 142 valence electrons. The molecule has 7 heteroatoms. The Morgan fingerprint density at radius 1 is 1.11 bits per heavy atom. The fourth-order valence-electron chi connectivity index (χ4n) is 2.54. The highest BCUT2D eigenvalue weighted by Gasteiger charge is 2.14. The summed E-state index contributed by atoms with van der Waals surface area (Å²) in [5.74, 6) is -0.815. The number of amides is 2. The molecule has 2 rings (SSSR count). The van der Waals surface area contributed by atoms with E-state index in [1.807, 2.05) is 0 Å². The summed E-state index contributed by atoms with van der Waals surface area (Å²) in [6.45, 7) is 2.00. The minimum Gasteiger partial charge on any atom is -0.465 e. The second-order valence-corrected chi connectivity index (χ2v) is 6.30. The molecular formula is C20H21ClN2O4. The normalized spacial score (nSPS) is 10.2. The smallest absolute Gasteiger partial charge is 0.337 e. The number of rotatable bonds is 7. The van der Waals surface area contributed by atoms with E-state index in [1.54, 1.807) is 48.5 Å². The van der Waals surface area contributed by atoms with Gasteiger partial charge in [0.05, 0.1) is 19.1 Å². The third-order valence-corrected chi connectivity index (χ3v) is 4.15. The van der Waals surface area contributed by atoms with Crippen LogP contribution in [0.25, 0.3) is 0 Å². The zero-order chi connectivity index (χ0) is 19.8. The number of halogens is 1. The van der Waals surface area contributed by atoms with Crippen LogP contribution in [-0.4, -0.2) is 38.0 Å². The number of methoxy groups -OCH3 is 1. The van der Waals surface area contributed by atoms with E-state index >= 15 is 0 Å². The summed E-state index contributed by atoms with van der Waals surface area (Å²) in [6.07, 6.45) is 0.231. The van der Waals surface area contributed by atoms with Gasteiger partial charge in [0.1, 0.15) is 0 Å². The molecule has 0 spiro atoms. The molecule has 0 aliphatic carbocycles. The maximum atomic E-state index is 12.1. The molecule has 0 aliphatic rings. The van der Waals surface area contributed by atoms with E-state index in [-0.39, 0.29) is 31.3 Å². The predicted molar refractivity (Wildman–Crippen MR) is 104 cm³/mol. The molecule has 0 bridgehead atoms. The van der Waals surface area contributed by atoms with Gasteiger partial charge in [0, 0.05) is 30.7 Å². The molecule has 0 aromatic heterocycles. The average Bonchev–Trinajstić information content (AvgIpc) is 2.66. The highest BCUT2D eigenvalue weighted by Crippen LogP contribution is 2.17. The number of ether oxygens (including phenoxy) is 1. The number of hydrogen-bond donors (Lipinski definition) is 1. The molecule has 0 saturated heterocycles. The standard InChI is InChI=1S/C20H21ClN2O4/c1-14(24)23(18-5-3-4-16(13-18)20(26)27-2)11-10-22-19(25)12-15-6-8-17(21)9-7-15/h3-9,13H,10-12H2,1-2H3,(H,22,25). The van der Waals surface area contributed by atoms with Crippen molar-refractivity contribution in [3.63, 3.8) is 0 Å². The quantitative estimate of drug-likeness (QED) is 0.740. The van der Waals surface area contributed by atoms with E-state index in [0.29, 0.717) is 16.3 Å². The zero-order valence-corrected chi connectivity index (χ0v) is 16.0. The number of carbonyl (C=O) groups is 3. The molecule has 2 aromatic carbocycles. The molecule has 6 nitrogen and oxygen atoms in total. The minimum atomic E-state index is -0.475. The number of esters is 1. The Morgan fingerprint density at radius 3 is 2.44 bits per heavy atom. The van der Waals surface area contributed by atoms with Gasteiger partial charge in [0.25, 0.3) is 0 Å². The molecule has 0 aliphatic heterocycles. The second-order valence-electron chi connectivity index (χ2n) is 5.87. The third-order valence-electron chi connectivity index (χ3n) is 3.89. The molecule has 0 fully saturated rings. The molecule has 1 N–H and O–H groups in total. The highest BCUT2D eigenvalue weighted by atomic mass is 35.5. The Labute approximate surface area is 163 Å². The number of nitrogens with zero attached hydrogens (tertiary/aromatic N) is 1. The predicted octanol–water partition coefficient (Wildman–Crippen LogP) is 2.84. The fourth-order valence-corrected chi connectivity index (χ4v) is 2.67. The van der Waals surface area contributed by atoms with Gasteiger partial charge in [-0.1, -0.05) is 29.8 Å². The first-order valence-corrected chi connectivity index (χ1v) is 8.76. The largest absolute Gasteiger partial charge is 0.465 e. The summed E-state index contributed by atoms with van der Waals surface area (Å²) >= 11 is 5.83. The van der Waals surface area contributed by atoms with Crippen molar-refractivity contribution in [1.29, 1.82) is 0 Å². The van der Waals surface area contributed by atoms with Crippen molar-refractivity contribution >= 4 is 35.1 Å². The van der Waals surface area contributed by atoms with Crippen LogP contribution in [-0.2, 0) is 20.7 Å². The van der Waals surface area contributed by atoms with Crippen LogP contribution < -0.4 is 10.2 Å². The van der Waals surface area contributed by atoms with Crippen LogP contribution in [0.2, 0.25) is 5.02 Å². The van der Waals surface area contributed by atoms with Crippen molar-refractivity contribution in [2.24, 2.45) is 0 Å². The van der Waals surface area contributed by atoms with E-state index < -0.39 is 5.97 Å². The first-order valence-electron chi connectivity index (χ1n) is 8.38. The lowest BCUT2D eigenvalue weighted by Crippen LogP contribution is -2.38. The van der Waals surface area contributed by atoms with Crippen molar-refractivity contribution in [3.8, 4) is 0 Å². The number of carbonyl (C=O) groups excluding carboxylic acids is 3. The molecule has 27 heavy (non-hydrogen) atoms. The summed E-state index contributed by atoms with van der Waals surface area (Å²) in [5.41, 5.74) is 1.77. The average molecular weight is 389 g/mol. The summed E-state index contributed by atoms with van der Waals surface area (Å²) in [5, 5.41) is 3.41. The molecule has 2 aromatic rings. The SMILES string of the molecule is COC(=O)c1cccc(N(CCNC(=O)Cc2ccc(Cl)cc2)C(C)=O)c1. The highest BCUT2D eigenvalue weighted by molar-refractivity contribution is 6.30. The van der Waals surface area contributed by atoms with Gasteiger partial charge in [-0.25, -0.2) is 4.79 Å². The second kappa shape index (κ2) is 9.73. The molecule has 0 saturated carbocycles. The lowest BCUT2D eigenvalue weighted by molar-refractivity contribution is -0.121. The van der Waals surface area contributed by atoms with Gasteiger partial charge in [-0.15, -0.1) is 0 Å². The maximum Gasteiger partial charge on any atom is 0.337 e. The lowest BCUT2D eigenvalue weighted by Gasteiger charge is -2.22. The molecule has 0 radical (unpaired) electrons. The molecule has 0 atom stereocenters. The van der Waals surface area contributed by atoms with Gasteiger partial charge in [-0.05, 0) is 35.9 Å². The molecule has 2 amide bonds. The van der Waals surface area contributed by atoms with Crippen molar-refractivity contribution in [1.82, 2.24) is 5.32 Å². The van der Waals surface area contributed by atoms with Gasteiger partial charge in [0.15, 0.2) is 0 Å². The monoisotopic (exact) mass is 388 g/mol. The van der Waals surface area contributed by atoms with Crippen LogP contribution >= 0.6 is 11.6 Å². The van der Waals surface area contributed by atoms with Crippen LogP contribution in [0, 0.1) is 0 Å². The van der Waals surface area contributed by atoms with Gasteiger partial charge < -0.3 is 15.0 Å². The Kier molecular flexibility index (Phi) is 7.37. The first-order chi connectivity index (χ1) is 12.9. The van der Waals surface area contributed by atoms with Gasteiger partial charge in [-0.3, -0.25) is 9.59 Å². The summed E-state index contributed by atoms with van der Waals surface area (Å²) in [7, 11) is 1.30. The number of benzene rings is 2. The number of nitrogens with one attached hydrogen (secondary N) is 1. The van der Waals surface area contributed by atoms with E-state index in [2.05, 4.69) is 5.32 Å². The fraction of sp³-hybridized carbons (Fsp3) is 0.250. The third kappa shape index (κ3) is 6.11. The van der Waals surface area contributed by atoms with Crippen LogP contribution in [0.1, 0.15) is 22.8 Å². The van der Waals surface area contributed by atoms with E-state index in [9.17, 15) is 14.4 Å². The Balaban J connectivity index is 1.95. The van der Waals surface area contributed by atoms with Gasteiger partial charge in [-0.2, -0.15) is 0 Å². The molecule has 0 heterocycles. The topological polar surface area (TPSA) is 75.7 Å². The molecule has 0 unspecified atom stereocenters.